The smallest absolute Gasteiger partial charge is 0.124 e. The fraction of sp³-hybridized carbons (Fsp3) is 0.647. The molecule has 0 aromatic heterocycles. The lowest BCUT2D eigenvalue weighted by Gasteiger charge is -2.35. The van der Waals surface area contributed by atoms with E-state index in [9.17, 15) is 0 Å². The minimum Gasteiger partial charge on any atom is -0.496 e. The molecule has 1 aliphatic rings. The maximum absolute atomic E-state index is 6.08. The van der Waals surface area contributed by atoms with E-state index in [0.717, 1.165) is 43.8 Å². The number of hydrogen-bond acceptors (Lipinski definition) is 4. The van der Waals surface area contributed by atoms with Gasteiger partial charge in [-0.1, -0.05) is 18.2 Å². The molecule has 0 bridgehead atoms. The van der Waals surface area contributed by atoms with Gasteiger partial charge in [-0.25, -0.2) is 0 Å². The number of benzene rings is 1. The summed E-state index contributed by atoms with van der Waals surface area (Å²) in [4.78, 5) is 2.43. The molecular weight excluding hydrogens is 300 g/mol. The van der Waals surface area contributed by atoms with Gasteiger partial charge >= 0.3 is 0 Å². The van der Waals surface area contributed by atoms with E-state index in [1.807, 2.05) is 18.2 Å². The minimum absolute atomic E-state index is 0. The van der Waals surface area contributed by atoms with Crippen LogP contribution in [-0.2, 0) is 11.3 Å². The first-order chi connectivity index (χ1) is 9.98. The molecule has 2 rings (SSSR count). The molecular formula is C17H29ClN2O2. The van der Waals surface area contributed by atoms with E-state index in [0.29, 0.717) is 12.7 Å². The second-order valence-corrected chi connectivity index (χ2v) is 6.59. The van der Waals surface area contributed by atoms with E-state index < -0.39 is 0 Å². The van der Waals surface area contributed by atoms with Crippen LogP contribution in [0.4, 0.5) is 0 Å². The van der Waals surface area contributed by atoms with Crippen molar-refractivity contribution in [3.05, 3.63) is 29.8 Å². The molecule has 4 nitrogen and oxygen atoms in total. The Morgan fingerprint density at radius 1 is 1.23 bits per heavy atom. The summed E-state index contributed by atoms with van der Waals surface area (Å²) < 4.78 is 11.4. The van der Waals surface area contributed by atoms with E-state index in [1.54, 1.807) is 7.11 Å². The molecule has 2 N–H and O–H groups in total. The molecule has 22 heavy (non-hydrogen) atoms. The molecule has 0 saturated carbocycles. The zero-order chi connectivity index (χ0) is 15.3. The fourth-order valence-corrected chi connectivity index (χ4v) is 2.84. The molecule has 1 fully saturated rings. The lowest BCUT2D eigenvalue weighted by molar-refractivity contribution is -0.00580. The van der Waals surface area contributed by atoms with Gasteiger partial charge in [0.2, 0.25) is 0 Å². The Hall–Kier alpha value is -0.810. The summed E-state index contributed by atoms with van der Waals surface area (Å²) in [5, 5.41) is 0. The Kier molecular flexibility index (Phi) is 7.63. The SMILES string of the molecule is COc1ccccc1COC1CCN(CC(C)(C)N)CC1.Cl. The predicted molar refractivity (Wildman–Crippen MR) is 92.8 cm³/mol. The highest BCUT2D eigenvalue weighted by Crippen LogP contribution is 2.21. The quantitative estimate of drug-likeness (QED) is 0.872. The first kappa shape index (κ1) is 19.2. The standard InChI is InChI=1S/C17H28N2O2.ClH/c1-17(2,18)13-19-10-8-15(9-11-19)21-12-14-6-4-5-7-16(14)20-3;/h4-7,15H,8-13,18H2,1-3H3;1H. The third-order valence-electron chi connectivity index (χ3n) is 3.83. The van der Waals surface area contributed by atoms with Crippen LogP contribution in [-0.4, -0.2) is 43.3 Å². The molecule has 1 aromatic rings. The second kappa shape index (κ2) is 8.73. The van der Waals surface area contributed by atoms with Gasteiger partial charge in [0.05, 0.1) is 19.8 Å². The highest BCUT2D eigenvalue weighted by Gasteiger charge is 2.23. The number of rotatable bonds is 6. The van der Waals surface area contributed by atoms with Gasteiger partial charge in [-0.2, -0.15) is 0 Å². The zero-order valence-electron chi connectivity index (χ0n) is 13.9. The molecule has 0 radical (unpaired) electrons. The molecule has 126 valence electrons. The Morgan fingerprint density at radius 2 is 1.86 bits per heavy atom. The number of halogens is 1. The molecule has 1 saturated heterocycles. The third-order valence-corrected chi connectivity index (χ3v) is 3.83. The van der Waals surface area contributed by atoms with Gasteiger partial charge in [-0.3, -0.25) is 0 Å². The Morgan fingerprint density at radius 3 is 2.45 bits per heavy atom. The summed E-state index contributed by atoms with van der Waals surface area (Å²) in [6.07, 6.45) is 2.49. The van der Waals surface area contributed by atoms with Crippen molar-refractivity contribution in [2.75, 3.05) is 26.7 Å². The molecule has 0 spiro atoms. The molecule has 0 amide bonds. The number of ether oxygens (including phenoxy) is 2. The molecule has 0 aliphatic carbocycles. The monoisotopic (exact) mass is 328 g/mol. The van der Waals surface area contributed by atoms with Crippen molar-refractivity contribution in [2.24, 2.45) is 5.73 Å². The summed E-state index contributed by atoms with van der Waals surface area (Å²) in [6.45, 7) is 7.87. The van der Waals surface area contributed by atoms with Gasteiger partial charge in [-0.05, 0) is 32.8 Å². The van der Waals surface area contributed by atoms with Crippen molar-refractivity contribution >= 4 is 12.4 Å². The number of para-hydroxylation sites is 1. The topological polar surface area (TPSA) is 47.7 Å². The Balaban J connectivity index is 0.00000242. The van der Waals surface area contributed by atoms with Gasteiger partial charge < -0.3 is 20.1 Å². The van der Waals surface area contributed by atoms with E-state index in [4.69, 9.17) is 15.2 Å². The summed E-state index contributed by atoms with van der Waals surface area (Å²) >= 11 is 0. The van der Waals surface area contributed by atoms with Crippen molar-refractivity contribution in [3.63, 3.8) is 0 Å². The van der Waals surface area contributed by atoms with Crippen LogP contribution in [0.2, 0.25) is 0 Å². The summed E-state index contributed by atoms with van der Waals surface area (Å²) in [5.74, 6) is 0.903. The number of methoxy groups -OCH3 is 1. The number of nitrogens with two attached hydrogens (primary N) is 1. The fourth-order valence-electron chi connectivity index (χ4n) is 2.84. The van der Waals surface area contributed by atoms with Crippen molar-refractivity contribution in [2.45, 2.75) is 44.9 Å². The van der Waals surface area contributed by atoms with Crippen molar-refractivity contribution < 1.29 is 9.47 Å². The summed E-state index contributed by atoms with van der Waals surface area (Å²) in [7, 11) is 1.70. The van der Waals surface area contributed by atoms with Gasteiger partial charge in [0.1, 0.15) is 5.75 Å². The van der Waals surface area contributed by atoms with Crippen molar-refractivity contribution in [1.82, 2.24) is 4.90 Å². The van der Waals surface area contributed by atoms with Crippen LogP contribution in [0.1, 0.15) is 32.3 Å². The normalized spacial score (nSPS) is 17.1. The second-order valence-electron chi connectivity index (χ2n) is 6.59. The first-order valence-corrected chi connectivity index (χ1v) is 7.73. The van der Waals surface area contributed by atoms with E-state index in [1.165, 1.54) is 0 Å². The maximum Gasteiger partial charge on any atom is 0.124 e. The van der Waals surface area contributed by atoms with Gasteiger partial charge in [-0.15, -0.1) is 12.4 Å². The first-order valence-electron chi connectivity index (χ1n) is 7.73. The van der Waals surface area contributed by atoms with Gasteiger partial charge in [0, 0.05) is 30.7 Å². The van der Waals surface area contributed by atoms with Crippen molar-refractivity contribution in [1.29, 1.82) is 0 Å². The molecule has 0 atom stereocenters. The predicted octanol–water partition coefficient (Wildman–Crippen LogP) is 2.84. The number of likely N-dealkylation sites (tertiary alicyclic amines) is 1. The lowest BCUT2D eigenvalue weighted by Crippen LogP contribution is -2.48. The lowest BCUT2D eigenvalue weighted by atomic mass is 10.0. The minimum atomic E-state index is -0.120. The molecule has 5 heteroatoms. The van der Waals surface area contributed by atoms with Crippen LogP contribution in [0.15, 0.2) is 24.3 Å². The van der Waals surface area contributed by atoms with Crippen LogP contribution in [0.5, 0.6) is 5.75 Å². The van der Waals surface area contributed by atoms with Crippen LogP contribution in [0.25, 0.3) is 0 Å². The van der Waals surface area contributed by atoms with E-state index >= 15 is 0 Å². The third kappa shape index (κ3) is 6.13. The molecule has 0 unspecified atom stereocenters. The van der Waals surface area contributed by atoms with E-state index in [-0.39, 0.29) is 17.9 Å². The number of piperidine rings is 1. The zero-order valence-corrected chi connectivity index (χ0v) is 14.7. The van der Waals surface area contributed by atoms with E-state index in [2.05, 4.69) is 24.8 Å². The molecule has 1 aromatic carbocycles. The molecule has 1 heterocycles. The number of hydrogen-bond donors (Lipinski definition) is 1. The maximum atomic E-state index is 6.08. The molecule has 1 aliphatic heterocycles. The number of nitrogens with zero attached hydrogens (tertiary/aromatic N) is 1. The Bertz CT molecular complexity index is 441. The summed E-state index contributed by atoms with van der Waals surface area (Å²) in [6, 6.07) is 8.04. The summed E-state index contributed by atoms with van der Waals surface area (Å²) in [5.41, 5.74) is 7.08. The largest absolute Gasteiger partial charge is 0.496 e. The average Bonchev–Trinajstić information content (AvgIpc) is 2.45. The van der Waals surface area contributed by atoms with Crippen LogP contribution in [0.3, 0.4) is 0 Å². The Labute approximate surface area is 140 Å². The van der Waals surface area contributed by atoms with Crippen molar-refractivity contribution in [3.8, 4) is 5.75 Å². The van der Waals surface area contributed by atoms with Gasteiger partial charge in [0.25, 0.3) is 0 Å². The van der Waals surface area contributed by atoms with Crippen LogP contribution < -0.4 is 10.5 Å². The van der Waals surface area contributed by atoms with Crippen LogP contribution >= 0.6 is 12.4 Å². The van der Waals surface area contributed by atoms with Crippen LogP contribution in [0, 0.1) is 0 Å². The average molecular weight is 329 g/mol. The highest BCUT2D eigenvalue weighted by atomic mass is 35.5. The van der Waals surface area contributed by atoms with Gasteiger partial charge in [0.15, 0.2) is 0 Å². The highest BCUT2D eigenvalue weighted by molar-refractivity contribution is 5.85.